The molecule has 0 atom stereocenters. The van der Waals surface area contributed by atoms with Crippen LogP contribution in [0.3, 0.4) is 0 Å². The number of rotatable bonds is 9. The van der Waals surface area contributed by atoms with Gasteiger partial charge in [-0.1, -0.05) is 12.1 Å². The van der Waals surface area contributed by atoms with Crippen molar-refractivity contribution in [2.24, 2.45) is 0 Å². The van der Waals surface area contributed by atoms with Gasteiger partial charge in [-0.05, 0) is 41.5 Å². The second-order valence-corrected chi connectivity index (χ2v) is 6.36. The molecule has 30 heavy (non-hydrogen) atoms. The van der Waals surface area contributed by atoms with Gasteiger partial charge in [-0.3, -0.25) is 20.2 Å². The summed E-state index contributed by atoms with van der Waals surface area (Å²) in [6.07, 6.45) is 0. The number of anilines is 1. The van der Waals surface area contributed by atoms with E-state index < -0.39 is 9.85 Å². The molecule has 0 heterocycles. The van der Waals surface area contributed by atoms with Crippen LogP contribution in [0.5, 0.6) is 11.5 Å². The minimum Gasteiger partial charge on any atom is -0.493 e. The summed E-state index contributed by atoms with van der Waals surface area (Å²) < 4.78 is 11.2. The molecule has 0 fully saturated rings. The van der Waals surface area contributed by atoms with E-state index in [1.807, 2.05) is 12.1 Å². The summed E-state index contributed by atoms with van der Waals surface area (Å²) in [5.41, 5.74) is 2.38. The smallest absolute Gasteiger partial charge is 0.271 e. The van der Waals surface area contributed by atoms with E-state index in [2.05, 4.69) is 5.32 Å². The number of hydrogen-bond donors (Lipinski definition) is 1. The van der Waals surface area contributed by atoms with Crippen LogP contribution < -0.4 is 14.8 Å². The average molecular weight is 409 g/mol. The summed E-state index contributed by atoms with van der Waals surface area (Å²) in [6.45, 7) is 0.680. The number of benzene rings is 3. The van der Waals surface area contributed by atoms with Crippen molar-refractivity contribution in [1.29, 1.82) is 0 Å². The zero-order valence-corrected chi connectivity index (χ0v) is 16.1. The van der Waals surface area contributed by atoms with Gasteiger partial charge in [0.15, 0.2) is 11.5 Å². The normalized spacial score (nSPS) is 10.3. The highest BCUT2D eigenvalue weighted by molar-refractivity contribution is 5.52. The first-order valence-electron chi connectivity index (χ1n) is 8.97. The predicted octanol–water partition coefficient (Wildman–Crippen LogP) is 4.70. The Balaban J connectivity index is 1.63. The van der Waals surface area contributed by atoms with E-state index in [9.17, 15) is 20.2 Å². The van der Waals surface area contributed by atoms with Gasteiger partial charge in [0.2, 0.25) is 0 Å². The van der Waals surface area contributed by atoms with Crippen LogP contribution in [0.15, 0.2) is 66.7 Å². The summed E-state index contributed by atoms with van der Waals surface area (Å²) in [6, 6.07) is 17.9. The van der Waals surface area contributed by atoms with Crippen LogP contribution in [0.2, 0.25) is 0 Å². The molecule has 9 nitrogen and oxygen atoms in total. The first-order chi connectivity index (χ1) is 14.5. The third kappa shape index (κ3) is 5.22. The Morgan fingerprint density at radius 3 is 2.20 bits per heavy atom. The number of hydrogen-bond acceptors (Lipinski definition) is 7. The molecule has 154 valence electrons. The number of non-ortho nitro benzene ring substituents is 2. The van der Waals surface area contributed by atoms with Gasteiger partial charge in [-0.15, -0.1) is 0 Å². The molecular weight excluding hydrogens is 390 g/mol. The maximum Gasteiger partial charge on any atom is 0.271 e. The summed E-state index contributed by atoms with van der Waals surface area (Å²) in [5.74, 6) is 1.07. The minimum atomic E-state index is -0.450. The highest BCUT2D eigenvalue weighted by Gasteiger charge is 2.09. The van der Waals surface area contributed by atoms with Crippen LogP contribution in [-0.2, 0) is 13.2 Å². The monoisotopic (exact) mass is 409 g/mol. The number of nitrogens with one attached hydrogen (secondary N) is 1. The van der Waals surface area contributed by atoms with Crippen molar-refractivity contribution < 1.29 is 19.3 Å². The zero-order chi connectivity index (χ0) is 21.5. The molecule has 0 aliphatic rings. The fraction of sp³-hybridized carbons (Fsp3) is 0.143. The Labute approximate surface area is 172 Å². The number of methoxy groups -OCH3 is 1. The Morgan fingerprint density at radius 1 is 0.833 bits per heavy atom. The fourth-order valence-electron chi connectivity index (χ4n) is 2.75. The van der Waals surface area contributed by atoms with Crippen molar-refractivity contribution in [2.45, 2.75) is 13.2 Å². The molecule has 1 N–H and O–H groups in total. The number of nitro benzene ring substituents is 2. The van der Waals surface area contributed by atoms with Gasteiger partial charge >= 0.3 is 0 Å². The van der Waals surface area contributed by atoms with Crippen molar-refractivity contribution in [3.8, 4) is 11.5 Å². The van der Waals surface area contributed by atoms with E-state index in [-0.39, 0.29) is 18.0 Å². The first-order valence-corrected chi connectivity index (χ1v) is 8.97. The molecule has 0 aromatic heterocycles. The second kappa shape index (κ2) is 9.37. The Bertz CT molecular complexity index is 1050. The number of ether oxygens (including phenoxy) is 2. The van der Waals surface area contributed by atoms with Gasteiger partial charge in [-0.2, -0.15) is 0 Å². The highest BCUT2D eigenvalue weighted by atomic mass is 16.6. The molecule has 3 aromatic rings. The molecule has 0 unspecified atom stereocenters. The maximum atomic E-state index is 10.9. The molecule has 0 radical (unpaired) electrons. The maximum absolute atomic E-state index is 10.9. The topological polar surface area (TPSA) is 117 Å². The molecule has 0 saturated heterocycles. The minimum absolute atomic E-state index is 0.0209. The fourth-order valence-corrected chi connectivity index (χ4v) is 2.75. The molecule has 0 amide bonds. The lowest BCUT2D eigenvalue weighted by Gasteiger charge is -2.13. The largest absolute Gasteiger partial charge is 0.493 e. The summed E-state index contributed by atoms with van der Waals surface area (Å²) in [4.78, 5) is 20.7. The standard InChI is InChI=1S/C21H19N3O6/c1-29-21-11-16(13-22-17-3-2-4-19(12-17)24(27)28)7-10-20(21)30-14-15-5-8-18(9-6-15)23(25)26/h2-12,22H,13-14H2,1H3. The Morgan fingerprint density at radius 2 is 1.53 bits per heavy atom. The molecule has 9 heteroatoms. The third-order valence-corrected chi connectivity index (χ3v) is 4.32. The average Bonchev–Trinajstić information content (AvgIpc) is 2.77. The second-order valence-electron chi connectivity index (χ2n) is 6.36. The lowest BCUT2D eigenvalue weighted by molar-refractivity contribution is -0.385. The number of nitrogens with zero attached hydrogens (tertiary/aromatic N) is 2. The molecule has 0 saturated carbocycles. The van der Waals surface area contributed by atoms with E-state index in [1.165, 1.54) is 31.4 Å². The number of nitro groups is 2. The van der Waals surface area contributed by atoms with E-state index in [1.54, 1.807) is 30.3 Å². The van der Waals surface area contributed by atoms with Gasteiger partial charge in [-0.25, -0.2) is 0 Å². The molecule has 0 aliphatic heterocycles. The molecule has 3 aromatic carbocycles. The summed E-state index contributed by atoms with van der Waals surface area (Å²) >= 11 is 0. The van der Waals surface area contributed by atoms with Crippen LogP contribution in [0.25, 0.3) is 0 Å². The molecule has 0 bridgehead atoms. The van der Waals surface area contributed by atoms with Gasteiger partial charge in [0.05, 0.1) is 17.0 Å². The third-order valence-electron chi connectivity index (χ3n) is 4.32. The van der Waals surface area contributed by atoms with Gasteiger partial charge in [0.1, 0.15) is 6.61 Å². The van der Waals surface area contributed by atoms with Crippen LogP contribution in [0.1, 0.15) is 11.1 Å². The van der Waals surface area contributed by atoms with Crippen molar-refractivity contribution in [1.82, 2.24) is 0 Å². The van der Waals surface area contributed by atoms with Gasteiger partial charge < -0.3 is 14.8 Å². The quantitative estimate of drug-likeness (QED) is 0.402. The van der Waals surface area contributed by atoms with Crippen LogP contribution >= 0.6 is 0 Å². The lowest BCUT2D eigenvalue weighted by Crippen LogP contribution is -2.02. The van der Waals surface area contributed by atoms with Crippen LogP contribution in [0.4, 0.5) is 17.1 Å². The molecular formula is C21H19N3O6. The van der Waals surface area contributed by atoms with Crippen LogP contribution in [-0.4, -0.2) is 17.0 Å². The molecule has 0 aliphatic carbocycles. The molecule has 0 spiro atoms. The molecule has 3 rings (SSSR count). The SMILES string of the molecule is COc1cc(CNc2cccc([N+](=O)[O-])c2)ccc1OCc1ccc([N+](=O)[O-])cc1. The summed E-state index contributed by atoms with van der Waals surface area (Å²) in [7, 11) is 1.53. The lowest BCUT2D eigenvalue weighted by atomic mass is 10.2. The van der Waals surface area contributed by atoms with Gasteiger partial charge in [0.25, 0.3) is 11.4 Å². The Hall–Kier alpha value is -4.14. The van der Waals surface area contributed by atoms with Crippen LogP contribution in [0, 0.1) is 20.2 Å². The van der Waals surface area contributed by atoms with E-state index in [0.29, 0.717) is 23.7 Å². The Kier molecular flexibility index (Phi) is 6.43. The van der Waals surface area contributed by atoms with Crippen molar-refractivity contribution >= 4 is 17.1 Å². The van der Waals surface area contributed by atoms with Gasteiger partial charge in [0, 0.05) is 36.5 Å². The first kappa shape index (κ1) is 20.6. The van der Waals surface area contributed by atoms with E-state index in [0.717, 1.165) is 11.1 Å². The highest BCUT2D eigenvalue weighted by Crippen LogP contribution is 2.29. The predicted molar refractivity (Wildman–Crippen MR) is 111 cm³/mol. The van der Waals surface area contributed by atoms with Crippen molar-refractivity contribution in [3.63, 3.8) is 0 Å². The van der Waals surface area contributed by atoms with Crippen molar-refractivity contribution in [3.05, 3.63) is 98.1 Å². The zero-order valence-electron chi connectivity index (χ0n) is 16.1. The van der Waals surface area contributed by atoms with E-state index in [4.69, 9.17) is 9.47 Å². The van der Waals surface area contributed by atoms with E-state index >= 15 is 0 Å². The van der Waals surface area contributed by atoms with Crippen molar-refractivity contribution in [2.75, 3.05) is 12.4 Å². The summed E-state index contributed by atoms with van der Waals surface area (Å²) in [5, 5.41) is 24.7.